The molecule has 0 saturated carbocycles. The molecule has 3 heteroatoms. The molecular formula is C12H16N3. The number of allylic oxidation sites excluding steroid dienone is 1. The quantitative estimate of drug-likeness (QED) is 0.700. The van der Waals surface area contributed by atoms with Crippen LogP contribution in [-0.2, 0) is 0 Å². The molecule has 3 nitrogen and oxygen atoms in total. The minimum atomic E-state index is 1.12. The molecule has 0 unspecified atom stereocenters. The van der Waals surface area contributed by atoms with Crippen LogP contribution in [0.2, 0.25) is 0 Å². The van der Waals surface area contributed by atoms with Crippen LogP contribution in [0.4, 0.5) is 11.4 Å². The van der Waals surface area contributed by atoms with Crippen LogP contribution in [0.3, 0.4) is 0 Å². The zero-order valence-corrected chi connectivity index (χ0v) is 9.31. The highest BCUT2D eigenvalue weighted by molar-refractivity contribution is 5.86. The second-order valence-corrected chi connectivity index (χ2v) is 3.49. The van der Waals surface area contributed by atoms with Gasteiger partial charge in [0.1, 0.15) is 0 Å². The molecule has 3 N–H and O–H groups in total. The summed E-state index contributed by atoms with van der Waals surface area (Å²) in [5.41, 5.74) is 5.92. The zero-order chi connectivity index (χ0) is 10.8. The molecule has 0 aromatic heterocycles. The Morgan fingerprint density at radius 1 is 0.933 bits per heavy atom. The van der Waals surface area contributed by atoms with E-state index in [9.17, 15) is 0 Å². The number of hydrogen-bond acceptors (Lipinski definition) is 3. The summed E-state index contributed by atoms with van der Waals surface area (Å²) in [7, 11) is 5.82. The van der Waals surface area contributed by atoms with Crippen LogP contribution in [-0.4, -0.2) is 21.1 Å². The number of fused-ring (bicyclic) bond motifs is 1. The van der Waals surface area contributed by atoms with E-state index in [0.717, 1.165) is 17.1 Å². The lowest BCUT2D eigenvalue weighted by Gasteiger charge is -2.12. The molecule has 1 aromatic carbocycles. The van der Waals surface area contributed by atoms with Gasteiger partial charge < -0.3 is 16.0 Å². The molecule has 0 aliphatic heterocycles. The SMILES string of the molecule is CNC1=Cc2c(ccc(NC)c2NC)[CH]1. The van der Waals surface area contributed by atoms with Gasteiger partial charge in [0.2, 0.25) is 0 Å². The lowest BCUT2D eigenvalue weighted by molar-refractivity contribution is 1.03. The first-order chi connectivity index (χ1) is 7.30. The molecule has 79 valence electrons. The highest BCUT2D eigenvalue weighted by Gasteiger charge is 2.17. The number of rotatable bonds is 3. The van der Waals surface area contributed by atoms with Crippen molar-refractivity contribution in [3.63, 3.8) is 0 Å². The predicted molar refractivity (Wildman–Crippen MR) is 66.0 cm³/mol. The van der Waals surface area contributed by atoms with E-state index in [-0.39, 0.29) is 0 Å². The molecular weight excluding hydrogens is 186 g/mol. The molecule has 0 saturated heterocycles. The fraction of sp³-hybridized carbons (Fsp3) is 0.250. The average molecular weight is 202 g/mol. The first kappa shape index (κ1) is 9.90. The first-order valence-corrected chi connectivity index (χ1v) is 5.07. The summed E-state index contributed by atoms with van der Waals surface area (Å²) < 4.78 is 0. The Morgan fingerprint density at radius 2 is 1.73 bits per heavy atom. The lowest BCUT2D eigenvalue weighted by Crippen LogP contribution is -2.02. The van der Waals surface area contributed by atoms with E-state index in [1.807, 2.05) is 21.1 Å². The number of likely N-dealkylation sites (N-methyl/N-ethyl adjacent to an activating group) is 1. The fourth-order valence-corrected chi connectivity index (χ4v) is 1.90. The van der Waals surface area contributed by atoms with Crippen molar-refractivity contribution in [3.05, 3.63) is 35.4 Å². The highest BCUT2D eigenvalue weighted by Crippen LogP contribution is 2.36. The summed E-state index contributed by atoms with van der Waals surface area (Å²) >= 11 is 0. The molecule has 1 radical (unpaired) electrons. The van der Waals surface area contributed by atoms with Crippen LogP contribution in [0.25, 0.3) is 6.08 Å². The largest absolute Gasteiger partial charge is 0.391 e. The molecule has 0 heterocycles. The highest BCUT2D eigenvalue weighted by atomic mass is 14.9. The second kappa shape index (κ2) is 3.85. The van der Waals surface area contributed by atoms with Crippen molar-refractivity contribution in [2.45, 2.75) is 0 Å². The summed E-state index contributed by atoms with van der Waals surface area (Å²) in [4.78, 5) is 0. The van der Waals surface area contributed by atoms with E-state index < -0.39 is 0 Å². The molecule has 15 heavy (non-hydrogen) atoms. The zero-order valence-electron chi connectivity index (χ0n) is 9.31. The smallest absolute Gasteiger partial charge is 0.0650 e. The van der Waals surface area contributed by atoms with Gasteiger partial charge in [-0.2, -0.15) is 0 Å². The van der Waals surface area contributed by atoms with E-state index in [1.165, 1.54) is 11.1 Å². The molecule has 2 rings (SSSR count). The number of benzene rings is 1. The molecule has 0 bridgehead atoms. The minimum absolute atomic E-state index is 1.12. The standard InChI is InChI=1S/C12H16N3/c1-13-9-6-8-4-5-11(14-2)12(15-3)10(8)7-9/h4-7,13-15H,1-3H3. The third kappa shape index (κ3) is 1.54. The molecule has 1 aliphatic rings. The molecule has 0 spiro atoms. The van der Waals surface area contributed by atoms with Gasteiger partial charge in [-0.25, -0.2) is 0 Å². The second-order valence-electron chi connectivity index (χ2n) is 3.49. The van der Waals surface area contributed by atoms with Crippen molar-refractivity contribution in [2.75, 3.05) is 31.8 Å². The Morgan fingerprint density at radius 3 is 2.33 bits per heavy atom. The summed E-state index contributed by atoms with van der Waals surface area (Å²) in [5, 5.41) is 9.58. The van der Waals surface area contributed by atoms with Gasteiger partial charge >= 0.3 is 0 Å². The monoisotopic (exact) mass is 202 g/mol. The summed E-state index contributed by atoms with van der Waals surface area (Å²) in [6.07, 6.45) is 4.30. The third-order valence-electron chi connectivity index (χ3n) is 2.70. The van der Waals surface area contributed by atoms with Gasteiger partial charge in [-0.1, -0.05) is 6.07 Å². The van der Waals surface area contributed by atoms with Gasteiger partial charge in [0, 0.05) is 38.8 Å². The summed E-state index contributed by atoms with van der Waals surface area (Å²) in [6, 6.07) is 4.22. The van der Waals surface area contributed by atoms with Crippen molar-refractivity contribution in [3.8, 4) is 0 Å². The number of hydrogen-bond donors (Lipinski definition) is 3. The summed E-state index contributed by atoms with van der Waals surface area (Å²) in [5.74, 6) is 0. The van der Waals surface area contributed by atoms with Gasteiger partial charge in [0.15, 0.2) is 0 Å². The van der Waals surface area contributed by atoms with E-state index in [4.69, 9.17) is 0 Å². The van der Waals surface area contributed by atoms with Crippen LogP contribution >= 0.6 is 0 Å². The average Bonchev–Trinajstić information content (AvgIpc) is 2.70. The number of anilines is 2. The molecule has 1 aliphatic carbocycles. The van der Waals surface area contributed by atoms with Gasteiger partial charge in [-0.15, -0.1) is 0 Å². The van der Waals surface area contributed by atoms with Crippen molar-refractivity contribution in [1.29, 1.82) is 0 Å². The third-order valence-corrected chi connectivity index (χ3v) is 2.70. The van der Waals surface area contributed by atoms with Gasteiger partial charge in [-0.05, 0) is 17.7 Å². The molecule has 0 atom stereocenters. The minimum Gasteiger partial charge on any atom is -0.391 e. The number of nitrogens with one attached hydrogen (secondary N) is 3. The Balaban J connectivity index is 2.51. The Hall–Kier alpha value is -1.64. The van der Waals surface area contributed by atoms with Crippen molar-refractivity contribution in [1.82, 2.24) is 5.32 Å². The van der Waals surface area contributed by atoms with E-state index in [2.05, 4.69) is 40.6 Å². The van der Waals surface area contributed by atoms with Gasteiger partial charge in [0.25, 0.3) is 0 Å². The Labute approximate surface area is 90.6 Å². The van der Waals surface area contributed by atoms with E-state index in [0.29, 0.717) is 0 Å². The maximum Gasteiger partial charge on any atom is 0.0650 e. The molecule has 0 amide bonds. The van der Waals surface area contributed by atoms with E-state index >= 15 is 0 Å². The maximum atomic E-state index is 3.24. The van der Waals surface area contributed by atoms with E-state index in [1.54, 1.807) is 0 Å². The lowest BCUT2D eigenvalue weighted by atomic mass is 10.1. The maximum absolute atomic E-state index is 3.24. The predicted octanol–water partition coefficient (Wildman–Crippen LogP) is 1.90. The fourth-order valence-electron chi connectivity index (χ4n) is 1.90. The van der Waals surface area contributed by atoms with Crippen LogP contribution < -0.4 is 16.0 Å². The Bertz CT molecular complexity index is 408. The van der Waals surface area contributed by atoms with Crippen LogP contribution in [0.15, 0.2) is 17.8 Å². The van der Waals surface area contributed by atoms with Crippen LogP contribution in [0, 0.1) is 6.42 Å². The van der Waals surface area contributed by atoms with Crippen molar-refractivity contribution < 1.29 is 0 Å². The van der Waals surface area contributed by atoms with Gasteiger partial charge in [-0.3, -0.25) is 0 Å². The normalized spacial score (nSPS) is 13.1. The summed E-state index contributed by atoms with van der Waals surface area (Å²) in [6.45, 7) is 0. The Kier molecular flexibility index (Phi) is 2.54. The molecule has 0 fully saturated rings. The van der Waals surface area contributed by atoms with Crippen molar-refractivity contribution in [2.24, 2.45) is 0 Å². The van der Waals surface area contributed by atoms with Crippen molar-refractivity contribution >= 4 is 17.5 Å². The first-order valence-electron chi connectivity index (χ1n) is 5.07. The van der Waals surface area contributed by atoms with Crippen LogP contribution in [0.5, 0.6) is 0 Å². The van der Waals surface area contributed by atoms with Gasteiger partial charge in [0.05, 0.1) is 11.4 Å². The topological polar surface area (TPSA) is 36.1 Å². The molecule has 1 aromatic rings. The van der Waals surface area contributed by atoms with Crippen LogP contribution in [0.1, 0.15) is 11.1 Å².